The molecule has 4 nitrogen and oxygen atoms in total. The number of carbonyl (C=O) groups excluding carboxylic acids is 1. The molecule has 0 radical (unpaired) electrons. The van der Waals surface area contributed by atoms with E-state index < -0.39 is 0 Å². The Morgan fingerprint density at radius 3 is 2.60 bits per heavy atom. The van der Waals surface area contributed by atoms with Gasteiger partial charge in [0.15, 0.2) is 0 Å². The van der Waals surface area contributed by atoms with Crippen molar-refractivity contribution in [2.45, 2.75) is 12.8 Å². The molecule has 4 heteroatoms. The van der Waals surface area contributed by atoms with Gasteiger partial charge in [0.1, 0.15) is 5.70 Å². The number of hydrogen-bond donors (Lipinski definition) is 0. The van der Waals surface area contributed by atoms with E-state index in [9.17, 15) is 4.79 Å². The number of nitrogens with zero attached hydrogens (tertiary/aromatic N) is 3. The predicted octanol–water partition coefficient (Wildman–Crippen LogP) is 0.509. The maximum atomic E-state index is 12.0. The molecule has 15 heavy (non-hydrogen) atoms. The number of allylic oxidation sites excluding steroid dienone is 1. The molecule has 0 aromatic heterocycles. The highest BCUT2D eigenvalue weighted by atomic mass is 16.2. The van der Waals surface area contributed by atoms with E-state index in [0.717, 1.165) is 39.0 Å². The standard InChI is InChI=1S/C11H17N3O/c1-13-6-8-14(9-7-13)11(15)10-4-2-3-5-12-10/h4-5H,2-3,6-9H2,1H3. The Morgan fingerprint density at radius 2 is 2.00 bits per heavy atom. The van der Waals surface area contributed by atoms with E-state index in [1.807, 2.05) is 17.2 Å². The number of carbonyl (C=O) groups is 1. The van der Waals surface area contributed by atoms with E-state index in [2.05, 4.69) is 16.9 Å². The molecule has 1 amide bonds. The van der Waals surface area contributed by atoms with Gasteiger partial charge in [0.05, 0.1) is 0 Å². The summed E-state index contributed by atoms with van der Waals surface area (Å²) in [4.78, 5) is 20.3. The van der Waals surface area contributed by atoms with Crippen molar-refractivity contribution in [2.75, 3.05) is 33.2 Å². The number of aliphatic imine (C=N–C) groups is 1. The SMILES string of the molecule is CN1CCN(C(=O)C2=CCCC=N2)CC1. The third kappa shape index (κ3) is 2.45. The Bertz CT molecular complexity index is 301. The van der Waals surface area contributed by atoms with Crippen molar-refractivity contribution in [3.05, 3.63) is 11.8 Å². The van der Waals surface area contributed by atoms with Crippen molar-refractivity contribution >= 4 is 12.1 Å². The summed E-state index contributed by atoms with van der Waals surface area (Å²) in [6.45, 7) is 3.57. The van der Waals surface area contributed by atoms with Crippen LogP contribution in [-0.4, -0.2) is 55.1 Å². The lowest BCUT2D eigenvalue weighted by molar-refractivity contribution is -0.128. The van der Waals surface area contributed by atoms with Crippen LogP contribution in [0.2, 0.25) is 0 Å². The number of hydrogen-bond acceptors (Lipinski definition) is 3. The first-order valence-corrected chi connectivity index (χ1v) is 5.48. The first-order chi connectivity index (χ1) is 7.27. The molecule has 0 atom stereocenters. The van der Waals surface area contributed by atoms with Gasteiger partial charge in [-0.3, -0.25) is 9.79 Å². The van der Waals surface area contributed by atoms with Crippen molar-refractivity contribution in [3.8, 4) is 0 Å². The molecular formula is C11H17N3O. The topological polar surface area (TPSA) is 35.9 Å². The monoisotopic (exact) mass is 207 g/mol. The Balaban J connectivity index is 1.96. The summed E-state index contributed by atoms with van der Waals surface area (Å²) in [5.41, 5.74) is 0.630. The van der Waals surface area contributed by atoms with Crippen molar-refractivity contribution in [1.29, 1.82) is 0 Å². The van der Waals surface area contributed by atoms with Crippen LogP contribution in [0.15, 0.2) is 16.8 Å². The molecule has 2 aliphatic rings. The third-order valence-electron chi connectivity index (χ3n) is 2.87. The maximum absolute atomic E-state index is 12.0. The zero-order chi connectivity index (χ0) is 10.7. The average Bonchev–Trinajstić information content (AvgIpc) is 2.30. The smallest absolute Gasteiger partial charge is 0.272 e. The van der Waals surface area contributed by atoms with Gasteiger partial charge in [-0.05, 0) is 19.9 Å². The molecule has 2 heterocycles. The molecule has 2 rings (SSSR count). The summed E-state index contributed by atoms with van der Waals surface area (Å²) >= 11 is 0. The quantitative estimate of drug-likeness (QED) is 0.628. The van der Waals surface area contributed by atoms with E-state index in [0.29, 0.717) is 5.70 Å². The minimum Gasteiger partial charge on any atom is -0.335 e. The molecule has 2 aliphatic heterocycles. The van der Waals surface area contributed by atoms with E-state index in [1.54, 1.807) is 0 Å². The minimum atomic E-state index is 0.0963. The van der Waals surface area contributed by atoms with Gasteiger partial charge >= 0.3 is 0 Å². The predicted molar refractivity (Wildman–Crippen MR) is 59.9 cm³/mol. The number of amides is 1. The second-order valence-corrected chi connectivity index (χ2v) is 4.07. The lowest BCUT2D eigenvalue weighted by Crippen LogP contribution is -2.47. The van der Waals surface area contributed by atoms with Crippen LogP contribution >= 0.6 is 0 Å². The lowest BCUT2D eigenvalue weighted by Gasteiger charge is -2.32. The minimum absolute atomic E-state index is 0.0963. The molecule has 0 aromatic carbocycles. The van der Waals surface area contributed by atoms with Crippen molar-refractivity contribution in [1.82, 2.24) is 9.80 Å². The fraction of sp³-hybridized carbons (Fsp3) is 0.636. The molecule has 1 fully saturated rings. The zero-order valence-electron chi connectivity index (χ0n) is 9.15. The molecule has 0 aliphatic carbocycles. The molecule has 0 N–H and O–H groups in total. The second kappa shape index (κ2) is 4.57. The summed E-state index contributed by atoms with van der Waals surface area (Å²) in [5, 5.41) is 0. The summed E-state index contributed by atoms with van der Waals surface area (Å²) in [6.07, 6.45) is 5.68. The molecule has 0 aromatic rings. The maximum Gasteiger partial charge on any atom is 0.272 e. The van der Waals surface area contributed by atoms with Gasteiger partial charge < -0.3 is 9.80 Å². The highest BCUT2D eigenvalue weighted by Gasteiger charge is 2.21. The Hall–Kier alpha value is -1.16. The molecule has 0 spiro atoms. The molecular weight excluding hydrogens is 190 g/mol. The van der Waals surface area contributed by atoms with Crippen LogP contribution in [0.5, 0.6) is 0 Å². The number of likely N-dealkylation sites (N-methyl/N-ethyl adjacent to an activating group) is 1. The fourth-order valence-corrected chi connectivity index (χ4v) is 1.82. The van der Waals surface area contributed by atoms with E-state index in [4.69, 9.17) is 0 Å². The van der Waals surface area contributed by atoms with Gasteiger partial charge in [-0.15, -0.1) is 0 Å². The Morgan fingerprint density at radius 1 is 1.27 bits per heavy atom. The van der Waals surface area contributed by atoms with Crippen molar-refractivity contribution < 1.29 is 4.79 Å². The van der Waals surface area contributed by atoms with Gasteiger partial charge in [0.25, 0.3) is 5.91 Å². The number of piperazine rings is 1. The van der Waals surface area contributed by atoms with Gasteiger partial charge in [-0.25, -0.2) is 0 Å². The summed E-state index contributed by atoms with van der Waals surface area (Å²) in [6, 6.07) is 0. The van der Waals surface area contributed by atoms with Crippen LogP contribution < -0.4 is 0 Å². The van der Waals surface area contributed by atoms with Crippen LogP contribution in [0.1, 0.15) is 12.8 Å². The Kier molecular flexibility index (Phi) is 3.16. The van der Waals surface area contributed by atoms with Crippen molar-refractivity contribution in [3.63, 3.8) is 0 Å². The first-order valence-electron chi connectivity index (χ1n) is 5.48. The molecule has 0 saturated carbocycles. The van der Waals surface area contributed by atoms with E-state index in [-0.39, 0.29) is 5.91 Å². The first kappa shape index (κ1) is 10.4. The molecule has 82 valence electrons. The fourth-order valence-electron chi connectivity index (χ4n) is 1.82. The van der Waals surface area contributed by atoms with Crippen LogP contribution in [0, 0.1) is 0 Å². The van der Waals surface area contributed by atoms with Crippen molar-refractivity contribution in [2.24, 2.45) is 4.99 Å². The molecule has 0 bridgehead atoms. The van der Waals surface area contributed by atoms with Gasteiger partial charge in [0, 0.05) is 32.4 Å². The van der Waals surface area contributed by atoms with Crippen LogP contribution in [0.4, 0.5) is 0 Å². The highest BCUT2D eigenvalue weighted by Crippen LogP contribution is 2.11. The third-order valence-corrected chi connectivity index (χ3v) is 2.87. The number of rotatable bonds is 1. The normalized spacial score (nSPS) is 22.7. The van der Waals surface area contributed by atoms with E-state index in [1.165, 1.54) is 0 Å². The summed E-state index contributed by atoms with van der Waals surface area (Å²) in [5.74, 6) is 0.0963. The van der Waals surface area contributed by atoms with Gasteiger partial charge in [0.2, 0.25) is 0 Å². The average molecular weight is 207 g/mol. The Labute approximate surface area is 90.3 Å². The van der Waals surface area contributed by atoms with Crippen LogP contribution in [-0.2, 0) is 4.79 Å². The van der Waals surface area contributed by atoms with E-state index >= 15 is 0 Å². The van der Waals surface area contributed by atoms with Gasteiger partial charge in [-0.2, -0.15) is 0 Å². The lowest BCUT2D eigenvalue weighted by atomic mass is 10.2. The largest absolute Gasteiger partial charge is 0.335 e. The summed E-state index contributed by atoms with van der Waals surface area (Å²) in [7, 11) is 2.08. The zero-order valence-corrected chi connectivity index (χ0v) is 9.15. The van der Waals surface area contributed by atoms with Crippen LogP contribution in [0.3, 0.4) is 0 Å². The summed E-state index contributed by atoms with van der Waals surface area (Å²) < 4.78 is 0. The van der Waals surface area contributed by atoms with Gasteiger partial charge in [-0.1, -0.05) is 6.08 Å². The highest BCUT2D eigenvalue weighted by molar-refractivity contribution is 5.95. The van der Waals surface area contributed by atoms with Crippen LogP contribution in [0.25, 0.3) is 0 Å². The molecule has 0 unspecified atom stereocenters. The second-order valence-electron chi connectivity index (χ2n) is 4.07. The molecule has 1 saturated heterocycles.